The van der Waals surface area contributed by atoms with E-state index < -0.39 is 0 Å². The number of benzene rings is 1. The van der Waals surface area contributed by atoms with Gasteiger partial charge in [-0.2, -0.15) is 0 Å². The Morgan fingerprint density at radius 3 is 2.92 bits per heavy atom. The largest absolute Gasteiger partial charge is 0.493 e. The number of amides is 1. The lowest BCUT2D eigenvalue weighted by Crippen LogP contribution is -2.40. The number of rotatable bonds is 8. The minimum atomic E-state index is -0.00545. The molecule has 3 rings (SSSR count). The van der Waals surface area contributed by atoms with Crippen molar-refractivity contribution in [2.75, 3.05) is 32.9 Å². The number of hydrogen-bond acceptors (Lipinski definition) is 6. The molecule has 2 aromatic rings. The molecule has 140 valence electrons. The molecule has 1 aliphatic rings. The van der Waals surface area contributed by atoms with Crippen LogP contribution in [-0.2, 0) is 17.8 Å². The fourth-order valence-electron chi connectivity index (χ4n) is 2.73. The van der Waals surface area contributed by atoms with Gasteiger partial charge in [0, 0.05) is 37.1 Å². The molecule has 1 N–H and O–H groups in total. The summed E-state index contributed by atoms with van der Waals surface area (Å²) in [6, 6.07) is 8.06. The summed E-state index contributed by atoms with van der Waals surface area (Å²) in [5, 5.41) is 6.14. The van der Waals surface area contributed by atoms with Gasteiger partial charge in [-0.25, -0.2) is 4.98 Å². The van der Waals surface area contributed by atoms with Crippen molar-refractivity contribution < 1.29 is 14.3 Å². The summed E-state index contributed by atoms with van der Waals surface area (Å²) in [7, 11) is 0. The van der Waals surface area contributed by atoms with Gasteiger partial charge in [-0.05, 0) is 12.5 Å². The number of aromatic nitrogens is 1. The van der Waals surface area contributed by atoms with Crippen LogP contribution in [-0.4, -0.2) is 48.7 Å². The predicted molar refractivity (Wildman–Crippen MR) is 102 cm³/mol. The number of nitrogens with zero attached hydrogens (tertiary/aromatic N) is 2. The Morgan fingerprint density at radius 2 is 2.12 bits per heavy atom. The van der Waals surface area contributed by atoms with Gasteiger partial charge in [-0.15, -0.1) is 11.3 Å². The first-order chi connectivity index (χ1) is 12.8. The third-order valence-electron chi connectivity index (χ3n) is 4.10. The van der Waals surface area contributed by atoms with E-state index in [1.54, 1.807) is 4.90 Å². The monoisotopic (exact) mass is 375 g/mol. The highest BCUT2D eigenvalue weighted by Gasteiger charge is 2.20. The van der Waals surface area contributed by atoms with Crippen molar-refractivity contribution >= 4 is 17.2 Å². The Labute approximate surface area is 158 Å². The maximum Gasteiger partial charge on any atom is 0.273 e. The number of para-hydroxylation sites is 1. The van der Waals surface area contributed by atoms with Crippen LogP contribution in [0.5, 0.6) is 5.75 Å². The molecular formula is C19H25N3O3S. The second kappa shape index (κ2) is 9.66. The van der Waals surface area contributed by atoms with Gasteiger partial charge in [0.1, 0.15) is 16.5 Å². The van der Waals surface area contributed by atoms with E-state index in [-0.39, 0.29) is 5.91 Å². The zero-order valence-electron chi connectivity index (χ0n) is 15.1. The van der Waals surface area contributed by atoms with E-state index in [2.05, 4.69) is 23.3 Å². The van der Waals surface area contributed by atoms with E-state index in [1.807, 2.05) is 23.6 Å². The van der Waals surface area contributed by atoms with E-state index >= 15 is 0 Å². The van der Waals surface area contributed by atoms with Gasteiger partial charge in [-0.1, -0.05) is 25.1 Å². The fourth-order valence-corrected chi connectivity index (χ4v) is 3.46. The summed E-state index contributed by atoms with van der Waals surface area (Å²) in [6.45, 7) is 6.62. The van der Waals surface area contributed by atoms with Gasteiger partial charge in [0.15, 0.2) is 0 Å². The molecule has 0 radical (unpaired) electrons. The Balaban J connectivity index is 1.51. The molecule has 26 heavy (non-hydrogen) atoms. The third kappa shape index (κ3) is 5.03. The van der Waals surface area contributed by atoms with Gasteiger partial charge in [0.05, 0.1) is 19.8 Å². The van der Waals surface area contributed by atoms with E-state index in [4.69, 9.17) is 9.47 Å². The van der Waals surface area contributed by atoms with Crippen LogP contribution in [0.2, 0.25) is 0 Å². The molecule has 7 heteroatoms. The van der Waals surface area contributed by atoms with Crippen LogP contribution in [0.25, 0.3) is 0 Å². The Hall–Kier alpha value is -1.96. The summed E-state index contributed by atoms with van der Waals surface area (Å²) in [5.74, 6) is 0.915. The van der Waals surface area contributed by atoms with E-state index in [9.17, 15) is 4.79 Å². The molecule has 1 saturated heterocycles. The van der Waals surface area contributed by atoms with Crippen LogP contribution in [0.4, 0.5) is 0 Å². The summed E-state index contributed by atoms with van der Waals surface area (Å²) in [6.07, 6.45) is 0.987. The fraction of sp³-hybridized carbons (Fsp3) is 0.474. The summed E-state index contributed by atoms with van der Waals surface area (Å²) in [4.78, 5) is 18.7. The van der Waals surface area contributed by atoms with Gasteiger partial charge in [-0.3, -0.25) is 4.79 Å². The van der Waals surface area contributed by atoms with E-state index in [0.717, 1.165) is 29.3 Å². The van der Waals surface area contributed by atoms with Crippen molar-refractivity contribution in [1.29, 1.82) is 0 Å². The summed E-state index contributed by atoms with van der Waals surface area (Å²) in [5.41, 5.74) is 1.66. The van der Waals surface area contributed by atoms with Crippen LogP contribution >= 0.6 is 11.3 Å². The highest BCUT2D eigenvalue weighted by molar-refractivity contribution is 7.09. The van der Waals surface area contributed by atoms with E-state index in [1.165, 1.54) is 11.3 Å². The van der Waals surface area contributed by atoms with Gasteiger partial charge in [0.25, 0.3) is 5.91 Å². The van der Waals surface area contributed by atoms with E-state index in [0.29, 0.717) is 45.1 Å². The quantitative estimate of drug-likeness (QED) is 0.769. The van der Waals surface area contributed by atoms with Crippen molar-refractivity contribution in [2.24, 2.45) is 0 Å². The number of morpholine rings is 1. The molecular weight excluding hydrogens is 350 g/mol. The molecule has 0 aliphatic carbocycles. The second-order valence-corrected chi connectivity index (χ2v) is 7.03. The summed E-state index contributed by atoms with van der Waals surface area (Å²) >= 11 is 1.51. The lowest BCUT2D eigenvalue weighted by molar-refractivity contribution is 0.0299. The van der Waals surface area contributed by atoms with Crippen molar-refractivity contribution in [3.8, 4) is 5.75 Å². The van der Waals surface area contributed by atoms with Crippen molar-refractivity contribution in [2.45, 2.75) is 26.4 Å². The van der Waals surface area contributed by atoms with Crippen LogP contribution < -0.4 is 10.1 Å². The average Bonchev–Trinajstić information content (AvgIpc) is 3.16. The number of hydrogen-bond donors (Lipinski definition) is 1. The number of carbonyl (C=O) groups is 1. The average molecular weight is 375 g/mol. The third-order valence-corrected chi connectivity index (χ3v) is 4.94. The lowest BCUT2D eigenvalue weighted by Gasteiger charge is -2.25. The van der Waals surface area contributed by atoms with Gasteiger partial charge >= 0.3 is 0 Å². The molecule has 0 atom stereocenters. The maximum atomic E-state index is 12.4. The second-order valence-electron chi connectivity index (χ2n) is 6.09. The minimum absolute atomic E-state index is 0.00545. The molecule has 0 spiro atoms. The smallest absolute Gasteiger partial charge is 0.273 e. The highest BCUT2D eigenvalue weighted by atomic mass is 32.1. The molecule has 2 heterocycles. The van der Waals surface area contributed by atoms with Crippen LogP contribution in [0.15, 0.2) is 29.6 Å². The molecule has 6 nitrogen and oxygen atoms in total. The molecule has 1 aromatic carbocycles. The van der Waals surface area contributed by atoms with Gasteiger partial charge < -0.3 is 19.7 Å². The Bertz CT molecular complexity index is 714. The first kappa shape index (κ1) is 18.8. The highest BCUT2D eigenvalue weighted by Crippen LogP contribution is 2.18. The number of nitrogens with one attached hydrogen (secondary N) is 1. The maximum absolute atomic E-state index is 12.4. The van der Waals surface area contributed by atoms with Crippen LogP contribution in [0.3, 0.4) is 0 Å². The topological polar surface area (TPSA) is 63.7 Å². The number of thiazole rings is 1. The zero-order chi connectivity index (χ0) is 18.2. The van der Waals surface area contributed by atoms with Crippen LogP contribution in [0, 0.1) is 0 Å². The first-order valence-corrected chi connectivity index (χ1v) is 9.88. The van der Waals surface area contributed by atoms with Crippen molar-refractivity contribution in [3.63, 3.8) is 0 Å². The van der Waals surface area contributed by atoms with Crippen molar-refractivity contribution in [1.82, 2.24) is 15.2 Å². The predicted octanol–water partition coefficient (Wildman–Crippen LogP) is 2.69. The summed E-state index contributed by atoms with van der Waals surface area (Å²) < 4.78 is 11.1. The van der Waals surface area contributed by atoms with Gasteiger partial charge in [0.2, 0.25) is 0 Å². The lowest BCUT2D eigenvalue weighted by atomic mass is 10.2. The van der Waals surface area contributed by atoms with Crippen molar-refractivity contribution in [3.05, 3.63) is 45.9 Å². The Kier molecular flexibility index (Phi) is 6.99. The standard InChI is InChI=1S/C19H25N3O3S/c1-2-9-25-17-6-4-3-5-15(17)12-20-13-18-21-16(14-26-18)19(23)22-7-10-24-11-8-22/h3-6,14,20H,2,7-13H2,1H3. The first-order valence-electron chi connectivity index (χ1n) is 9.00. The Morgan fingerprint density at radius 1 is 1.31 bits per heavy atom. The molecule has 1 aromatic heterocycles. The minimum Gasteiger partial charge on any atom is -0.493 e. The van der Waals surface area contributed by atoms with Crippen LogP contribution in [0.1, 0.15) is 34.4 Å². The molecule has 0 unspecified atom stereocenters. The molecule has 0 bridgehead atoms. The molecule has 1 fully saturated rings. The molecule has 1 aliphatic heterocycles. The SMILES string of the molecule is CCCOc1ccccc1CNCc1nc(C(=O)N2CCOCC2)cs1. The number of ether oxygens (including phenoxy) is 2. The molecule has 0 saturated carbocycles. The zero-order valence-corrected chi connectivity index (χ0v) is 15.9. The number of carbonyl (C=O) groups excluding carboxylic acids is 1. The molecule has 1 amide bonds. The normalized spacial score (nSPS) is 14.4.